The molecule has 7 nitrogen and oxygen atoms in total. The fourth-order valence-corrected chi connectivity index (χ4v) is 30.1. The molecule has 0 bridgehead atoms. The number of ether oxygens (including phenoxy) is 3. The van der Waals surface area contributed by atoms with Gasteiger partial charge in [0, 0.05) is 0 Å². The van der Waals surface area contributed by atoms with Crippen LogP contribution in [0.3, 0.4) is 0 Å². The van der Waals surface area contributed by atoms with Gasteiger partial charge in [-0.1, -0.05) is 81.4 Å². The van der Waals surface area contributed by atoms with Gasteiger partial charge in [-0.2, -0.15) is 0 Å². The first kappa shape index (κ1) is 44.1. The summed E-state index contributed by atoms with van der Waals surface area (Å²) in [6, 6.07) is 30.0. The van der Waals surface area contributed by atoms with Crippen LogP contribution in [0, 0.1) is 5.92 Å². The van der Waals surface area contributed by atoms with Crippen LogP contribution in [0.4, 0.5) is 10.5 Å². The number of hydrogen-bond acceptors (Lipinski definition) is 6. The number of carbonyl (C=O) groups excluding carboxylic acids is 1. The van der Waals surface area contributed by atoms with Crippen LogP contribution in [0.1, 0.15) is 111 Å². The van der Waals surface area contributed by atoms with Crippen LogP contribution in [0.5, 0.6) is 0 Å². The second-order valence-electron chi connectivity index (χ2n) is 18.1. The molecular formula is C48H70N2O5SiSn. The number of hydrogen-bond donors (Lipinski definition) is 0. The third-order valence-electron chi connectivity index (χ3n) is 13.8. The second-order valence-corrected chi connectivity index (χ2v) is 36.1. The predicted molar refractivity (Wildman–Crippen MR) is 240 cm³/mol. The minimum absolute atomic E-state index is 0.124. The molecule has 0 aromatic heterocycles. The van der Waals surface area contributed by atoms with Crippen molar-refractivity contribution >= 4 is 54.6 Å². The van der Waals surface area contributed by atoms with E-state index in [9.17, 15) is 4.79 Å². The number of nitrogens with zero attached hydrogens (tertiary/aromatic N) is 2. The number of anilines is 1. The number of amides is 1. The Morgan fingerprint density at radius 3 is 1.95 bits per heavy atom. The van der Waals surface area contributed by atoms with Crippen LogP contribution in [-0.2, 0) is 24.2 Å². The van der Waals surface area contributed by atoms with Gasteiger partial charge in [0.05, 0.1) is 0 Å². The normalized spacial score (nSPS) is 24.0. The van der Waals surface area contributed by atoms with Crippen molar-refractivity contribution in [2.45, 2.75) is 142 Å². The summed E-state index contributed by atoms with van der Waals surface area (Å²) in [4.78, 5) is 21.8. The average molecular weight is 902 g/mol. The maximum atomic E-state index is 14.2. The molecule has 1 saturated heterocycles. The average Bonchev–Trinajstić information content (AvgIpc) is 3.64. The van der Waals surface area contributed by atoms with E-state index in [0.29, 0.717) is 13.0 Å². The predicted octanol–water partition coefficient (Wildman–Crippen LogP) is 10.8. The number of fused-ring (bicyclic) bond motifs is 2. The quantitative estimate of drug-likeness (QED) is 0.119. The van der Waals surface area contributed by atoms with Crippen molar-refractivity contribution in [3.8, 4) is 0 Å². The number of benzene rings is 3. The van der Waals surface area contributed by atoms with Crippen molar-refractivity contribution in [3.63, 3.8) is 0 Å². The zero-order valence-electron chi connectivity index (χ0n) is 36.3. The first-order valence-corrected chi connectivity index (χ1v) is 32.0. The SMILES string of the molecule is CCC[CH2][Sn]([CH2]CCC)([CH2]CCC)[CH2]/N=C1/CC[C@]23[C@H](C1)[C@@H](OC)O[C@@]2(CCO[Si](c1ccccc1)(c1ccccc1)C(C)(C)C)c1ccccc1N3C(=O)OC. The first-order valence-electron chi connectivity index (χ1n) is 22.0. The molecular weight excluding hydrogens is 831 g/mol. The van der Waals surface area contributed by atoms with E-state index in [4.69, 9.17) is 23.6 Å². The number of methoxy groups -OCH3 is 2. The molecule has 2 aliphatic heterocycles. The topological polar surface area (TPSA) is 69.6 Å². The van der Waals surface area contributed by atoms with Gasteiger partial charge in [-0.25, -0.2) is 0 Å². The van der Waals surface area contributed by atoms with E-state index >= 15 is 0 Å². The van der Waals surface area contributed by atoms with E-state index in [-0.39, 0.29) is 17.0 Å². The van der Waals surface area contributed by atoms with Crippen LogP contribution in [0.25, 0.3) is 0 Å². The Hall–Kier alpha value is -2.50. The molecule has 1 aliphatic carbocycles. The van der Waals surface area contributed by atoms with Crippen LogP contribution < -0.4 is 15.3 Å². The van der Waals surface area contributed by atoms with Gasteiger partial charge in [0.15, 0.2) is 0 Å². The number of aliphatic imine (C=N–C) groups is 1. The van der Waals surface area contributed by atoms with Gasteiger partial charge in [-0.3, -0.25) is 0 Å². The van der Waals surface area contributed by atoms with E-state index < -0.39 is 44.1 Å². The van der Waals surface area contributed by atoms with E-state index in [1.165, 1.54) is 75.0 Å². The van der Waals surface area contributed by atoms with Crippen molar-refractivity contribution in [1.82, 2.24) is 0 Å². The summed E-state index contributed by atoms with van der Waals surface area (Å²) in [6.07, 6.45) is 9.79. The van der Waals surface area contributed by atoms with Crippen molar-refractivity contribution in [3.05, 3.63) is 90.5 Å². The van der Waals surface area contributed by atoms with Gasteiger partial charge in [0.2, 0.25) is 0 Å². The minimum atomic E-state index is -2.85. The summed E-state index contributed by atoms with van der Waals surface area (Å²) >= 11 is -2.52. The Morgan fingerprint density at radius 2 is 1.42 bits per heavy atom. The summed E-state index contributed by atoms with van der Waals surface area (Å²) in [5.74, 6) is -0.124. The van der Waals surface area contributed by atoms with Crippen molar-refractivity contribution in [2.24, 2.45) is 10.9 Å². The second kappa shape index (κ2) is 18.8. The molecule has 2 fully saturated rings. The third-order valence-corrected chi connectivity index (χ3v) is 33.3. The van der Waals surface area contributed by atoms with Gasteiger partial charge < -0.3 is 0 Å². The summed E-state index contributed by atoms with van der Waals surface area (Å²) in [5, 5.41) is 2.32. The molecule has 3 aliphatic rings. The monoisotopic (exact) mass is 902 g/mol. The zero-order chi connectivity index (χ0) is 40.7. The van der Waals surface area contributed by atoms with E-state index in [1.54, 1.807) is 7.11 Å². The Balaban J connectivity index is 1.41. The van der Waals surface area contributed by atoms with E-state index in [2.05, 4.69) is 120 Å². The molecule has 4 atom stereocenters. The Morgan fingerprint density at radius 1 is 0.860 bits per heavy atom. The molecule has 1 amide bonds. The molecule has 6 rings (SSSR count). The zero-order valence-corrected chi connectivity index (χ0v) is 40.1. The Bertz CT molecular complexity index is 1740. The fourth-order valence-electron chi connectivity index (χ4n) is 11.0. The van der Waals surface area contributed by atoms with Crippen molar-refractivity contribution in [1.29, 1.82) is 0 Å². The van der Waals surface area contributed by atoms with E-state index in [1.807, 2.05) is 11.0 Å². The summed E-state index contributed by atoms with van der Waals surface area (Å²) < 4.78 is 32.4. The van der Waals surface area contributed by atoms with Crippen molar-refractivity contribution in [2.75, 3.05) is 30.3 Å². The van der Waals surface area contributed by atoms with Gasteiger partial charge in [0.25, 0.3) is 0 Å². The first-order chi connectivity index (χ1) is 27.5. The molecule has 0 radical (unpaired) electrons. The summed E-state index contributed by atoms with van der Waals surface area (Å²) in [5.41, 5.74) is 1.56. The molecule has 1 spiro atoms. The molecule has 3 aromatic rings. The van der Waals surface area contributed by atoms with Crippen molar-refractivity contribution < 1.29 is 23.4 Å². The van der Waals surface area contributed by atoms with Gasteiger partial charge >= 0.3 is 270 Å². The van der Waals surface area contributed by atoms with E-state index in [0.717, 1.165) is 35.1 Å². The summed E-state index contributed by atoms with van der Waals surface area (Å²) in [6.45, 7) is 14.4. The summed E-state index contributed by atoms with van der Waals surface area (Å²) in [7, 11) is 0.403. The standard InChI is InChI=1S/C36H43N2O5Si.3C4H9.Sn/c1-34(2,3)44(27-15-9-7-10-16-27,28-17-11-8-12-18-28)42-24-23-36-29-19-13-14-20-31(29)38(33(39)41-6)35(36)22-21-26(37-4)25-30(35)32(40-5)43-36;3*1-3-4-2;/h7-20,30,32H,4,21-25H2,1-3,5-6H3;3*1,3-4H2,2H3;/b37-26-;;;;/t30-,32+,35+,36+;;;;/m1..../s1. The van der Waals surface area contributed by atoms with Gasteiger partial charge in [0.1, 0.15) is 0 Å². The Labute approximate surface area is 349 Å². The van der Waals surface area contributed by atoms with Crippen LogP contribution in [-0.4, -0.2) is 75.7 Å². The molecule has 3 aromatic carbocycles. The molecule has 9 heteroatoms. The van der Waals surface area contributed by atoms with Gasteiger partial charge in [-0.05, 0) is 0 Å². The molecule has 2 heterocycles. The molecule has 0 N–H and O–H groups in total. The fraction of sp³-hybridized carbons (Fsp3) is 0.583. The van der Waals surface area contributed by atoms with Crippen LogP contribution in [0.2, 0.25) is 18.3 Å². The van der Waals surface area contributed by atoms with Crippen LogP contribution in [0.15, 0.2) is 89.9 Å². The number of carbonyl (C=O) groups is 1. The molecule has 310 valence electrons. The Kier molecular flexibility index (Phi) is 14.6. The third kappa shape index (κ3) is 8.08. The van der Waals surface area contributed by atoms with Gasteiger partial charge in [-0.15, -0.1) is 0 Å². The number of unbranched alkanes of at least 4 members (excludes halogenated alkanes) is 3. The maximum absolute atomic E-state index is 14.2. The number of para-hydroxylation sites is 1. The van der Waals surface area contributed by atoms with Crippen LogP contribution >= 0.6 is 0 Å². The molecule has 57 heavy (non-hydrogen) atoms. The molecule has 1 saturated carbocycles. The molecule has 0 unspecified atom stereocenters. The number of rotatable bonds is 18.